The molecule has 0 saturated heterocycles. The van der Waals surface area contributed by atoms with E-state index in [2.05, 4.69) is 15.3 Å². The molecule has 3 aromatic rings. The number of nitrogens with one attached hydrogen (secondary N) is 1. The van der Waals surface area contributed by atoms with Crippen molar-refractivity contribution in [3.8, 4) is 5.75 Å². The van der Waals surface area contributed by atoms with E-state index in [0.717, 1.165) is 18.6 Å². The van der Waals surface area contributed by atoms with Crippen LogP contribution in [0.1, 0.15) is 54.0 Å². The first-order valence-electron chi connectivity index (χ1n) is 9.70. The first-order valence-corrected chi connectivity index (χ1v) is 10.6. The zero-order chi connectivity index (χ0) is 21.3. The average molecular weight is 426 g/mol. The Morgan fingerprint density at radius 3 is 2.67 bits per heavy atom. The van der Waals surface area contributed by atoms with Crippen LogP contribution in [-0.4, -0.2) is 27.0 Å². The maximum atomic E-state index is 12.6. The first kappa shape index (κ1) is 21.4. The quantitative estimate of drug-likeness (QED) is 0.487. The van der Waals surface area contributed by atoms with E-state index in [1.807, 2.05) is 37.3 Å². The molecule has 0 aliphatic rings. The molecule has 2 aromatic heterocycles. The van der Waals surface area contributed by atoms with Gasteiger partial charge < -0.3 is 9.84 Å². The summed E-state index contributed by atoms with van der Waals surface area (Å²) in [5.74, 6) is -1.25. The number of unbranched alkanes of at least 4 members (excludes halogenated alkanes) is 1. The van der Waals surface area contributed by atoms with Crippen molar-refractivity contribution in [2.45, 2.75) is 38.7 Å². The van der Waals surface area contributed by atoms with Crippen LogP contribution in [0.3, 0.4) is 0 Å². The van der Waals surface area contributed by atoms with Crippen molar-refractivity contribution in [2.75, 3.05) is 5.32 Å². The Labute approximate surface area is 178 Å². The highest BCUT2D eigenvalue weighted by molar-refractivity contribution is 7.14. The molecule has 2 heterocycles. The van der Waals surface area contributed by atoms with Crippen LogP contribution in [0.15, 0.2) is 53.9 Å². The molecule has 0 aliphatic heterocycles. The molecule has 30 heavy (non-hydrogen) atoms. The van der Waals surface area contributed by atoms with Gasteiger partial charge in [-0.2, -0.15) is 0 Å². The molecule has 1 unspecified atom stereocenters. The van der Waals surface area contributed by atoms with Crippen LogP contribution in [0, 0.1) is 0 Å². The van der Waals surface area contributed by atoms with Crippen LogP contribution < -0.4 is 10.1 Å². The molecule has 3 rings (SSSR count). The van der Waals surface area contributed by atoms with E-state index < -0.39 is 17.8 Å². The molecular weight excluding hydrogens is 402 g/mol. The van der Waals surface area contributed by atoms with E-state index >= 15 is 0 Å². The molecular formula is C22H23N3O4S. The number of hydrogen-bond acceptors (Lipinski definition) is 6. The van der Waals surface area contributed by atoms with Gasteiger partial charge in [0.2, 0.25) is 0 Å². The van der Waals surface area contributed by atoms with E-state index in [1.54, 1.807) is 23.6 Å². The van der Waals surface area contributed by atoms with E-state index in [-0.39, 0.29) is 12.3 Å². The summed E-state index contributed by atoms with van der Waals surface area (Å²) >= 11 is 1.20. The number of hydrogen-bond donors (Lipinski definition) is 2. The molecule has 1 aromatic carbocycles. The summed E-state index contributed by atoms with van der Waals surface area (Å²) in [7, 11) is 0. The van der Waals surface area contributed by atoms with Gasteiger partial charge in [0.1, 0.15) is 18.1 Å². The normalized spacial score (nSPS) is 11.6. The predicted molar refractivity (Wildman–Crippen MR) is 115 cm³/mol. The number of pyridine rings is 1. The lowest BCUT2D eigenvalue weighted by molar-refractivity contribution is -0.139. The lowest BCUT2D eigenvalue weighted by Gasteiger charge is -2.08. The van der Waals surface area contributed by atoms with Gasteiger partial charge in [-0.15, -0.1) is 11.3 Å². The molecule has 8 heteroatoms. The fraction of sp³-hybridized carbons (Fsp3) is 0.273. The molecule has 0 saturated carbocycles. The zero-order valence-electron chi connectivity index (χ0n) is 16.6. The third kappa shape index (κ3) is 5.87. The highest BCUT2D eigenvalue weighted by atomic mass is 32.1. The number of amides is 1. The number of nitrogens with zero attached hydrogens (tertiary/aromatic N) is 2. The van der Waals surface area contributed by atoms with Crippen molar-refractivity contribution in [3.05, 3.63) is 71.0 Å². The van der Waals surface area contributed by atoms with Crippen LogP contribution in [0.4, 0.5) is 5.13 Å². The van der Waals surface area contributed by atoms with Gasteiger partial charge in [0.25, 0.3) is 5.91 Å². The number of ether oxygens (including phenoxy) is 1. The molecule has 0 fully saturated rings. The standard InChI is InChI=1S/C22H23N3O4S/c1-2-3-11-17(21(27)28)19-14-30-22(24-19)25-20(26)18-12-7-8-15(23-18)13-29-16-9-5-4-6-10-16/h4-10,12,14,17H,2-3,11,13H2,1H3,(H,27,28)(H,24,25,26). The second-order valence-electron chi connectivity index (χ2n) is 6.68. The number of anilines is 1. The van der Waals surface area contributed by atoms with Crippen molar-refractivity contribution >= 4 is 28.3 Å². The molecule has 0 spiro atoms. The minimum atomic E-state index is -0.903. The van der Waals surface area contributed by atoms with Gasteiger partial charge in [0, 0.05) is 5.38 Å². The van der Waals surface area contributed by atoms with Gasteiger partial charge in [0.05, 0.1) is 17.3 Å². The SMILES string of the molecule is CCCCC(C(=O)O)c1csc(NC(=O)c2cccc(COc3ccccc3)n2)n1. The van der Waals surface area contributed by atoms with Gasteiger partial charge in [-0.05, 0) is 30.7 Å². The summed E-state index contributed by atoms with van der Waals surface area (Å²) in [6.45, 7) is 2.25. The molecule has 0 aliphatic carbocycles. The van der Waals surface area contributed by atoms with E-state index in [0.29, 0.717) is 22.9 Å². The van der Waals surface area contributed by atoms with Crippen molar-refractivity contribution < 1.29 is 19.4 Å². The summed E-state index contributed by atoms with van der Waals surface area (Å²) < 4.78 is 5.67. The average Bonchev–Trinajstić information content (AvgIpc) is 3.21. The number of carboxylic acid groups (broad SMARTS) is 1. The number of aliphatic carboxylic acids is 1. The predicted octanol–water partition coefficient (Wildman–Crippen LogP) is 4.73. The molecule has 0 bridgehead atoms. The summed E-state index contributed by atoms with van der Waals surface area (Å²) in [5, 5.41) is 14.2. The van der Waals surface area contributed by atoms with Crippen molar-refractivity contribution in [1.29, 1.82) is 0 Å². The molecule has 1 amide bonds. The Balaban J connectivity index is 1.63. The fourth-order valence-corrected chi connectivity index (χ4v) is 3.59. The lowest BCUT2D eigenvalue weighted by atomic mass is 10.00. The minimum absolute atomic E-state index is 0.238. The van der Waals surface area contributed by atoms with Gasteiger partial charge in [-0.25, -0.2) is 9.97 Å². The van der Waals surface area contributed by atoms with Crippen LogP contribution in [-0.2, 0) is 11.4 Å². The molecule has 156 valence electrons. The number of carbonyl (C=O) groups is 2. The van der Waals surface area contributed by atoms with Crippen LogP contribution in [0.25, 0.3) is 0 Å². The third-order valence-corrected chi connectivity index (χ3v) is 5.19. The minimum Gasteiger partial charge on any atom is -0.487 e. The number of aromatic nitrogens is 2. The number of rotatable bonds is 10. The van der Waals surface area contributed by atoms with Crippen LogP contribution in [0.2, 0.25) is 0 Å². The number of carbonyl (C=O) groups excluding carboxylic acids is 1. The van der Waals surface area contributed by atoms with Gasteiger partial charge >= 0.3 is 5.97 Å². The lowest BCUT2D eigenvalue weighted by Crippen LogP contribution is -2.15. The summed E-state index contributed by atoms with van der Waals surface area (Å²) in [4.78, 5) is 32.7. The Morgan fingerprint density at radius 2 is 1.93 bits per heavy atom. The van der Waals surface area contributed by atoms with Crippen LogP contribution in [0.5, 0.6) is 5.75 Å². The van der Waals surface area contributed by atoms with E-state index in [1.165, 1.54) is 11.3 Å². The Hall–Kier alpha value is -3.26. The fourth-order valence-electron chi connectivity index (χ4n) is 2.83. The maximum absolute atomic E-state index is 12.6. The number of para-hydroxylation sites is 1. The topological polar surface area (TPSA) is 101 Å². The zero-order valence-corrected chi connectivity index (χ0v) is 17.4. The Kier molecular flexibility index (Phi) is 7.51. The van der Waals surface area contributed by atoms with Crippen molar-refractivity contribution in [1.82, 2.24) is 9.97 Å². The van der Waals surface area contributed by atoms with Crippen LogP contribution >= 0.6 is 11.3 Å². The van der Waals surface area contributed by atoms with E-state index in [4.69, 9.17) is 4.74 Å². The van der Waals surface area contributed by atoms with E-state index in [9.17, 15) is 14.7 Å². The molecule has 1 atom stereocenters. The second-order valence-corrected chi connectivity index (χ2v) is 7.54. The monoisotopic (exact) mass is 425 g/mol. The number of carboxylic acids is 1. The molecule has 0 radical (unpaired) electrons. The molecule has 7 nitrogen and oxygen atoms in total. The molecule has 2 N–H and O–H groups in total. The summed E-state index contributed by atoms with van der Waals surface area (Å²) in [5.41, 5.74) is 1.33. The Bertz CT molecular complexity index is 991. The number of benzene rings is 1. The largest absolute Gasteiger partial charge is 0.487 e. The van der Waals surface area contributed by atoms with Gasteiger partial charge in [-0.3, -0.25) is 14.9 Å². The second kappa shape index (κ2) is 10.5. The van der Waals surface area contributed by atoms with Gasteiger partial charge in [0.15, 0.2) is 5.13 Å². The summed E-state index contributed by atoms with van der Waals surface area (Å²) in [6.07, 6.45) is 2.24. The highest BCUT2D eigenvalue weighted by Gasteiger charge is 2.22. The van der Waals surface area contributed by atoms with Crippen molar-refractivity contribution in [3.63, 3.8) is 0 Å². The third-order valence-electron chi connectivity index (χ3n) is 4.41. The summed E-state index contributed by atoms with van der Waals surface area (Å²) in [6, 6.07) is 14.5. The Morgan fingerprint density at radius 1 is 1.13 bits per heavy atom. The smallest absolute Gasteiger partial charge is 0.312 e. The first-order chi connectivity index (χ1) is 14.6. The van der Waals surface area contributed by atoms with Crippen molar-refractivity contribution in [2.24, 2.45) is 0 Å². The number of thiazole rings is 1. The highest BCUT2D eigenvalue weighted by Crippen LogP contribution is 2.26. The van der Waals surface area contributed by atoms with Gasteiger partial charge in [-0.1, -0.05) is 44.0 Å². The maximum Gasteiger partial charge on any atom is 0.312 e.